The molecule has 0 radical (unpaired) electrons. The number of fused-ring (bicyclic) bond motifs is 7. The molecule has 6 fully saturated rings. The molecule has 1 aromatic carbocycles. The largest absolute Gasteiger partial charge is 0.481 e. The van der Waals surface area contributed by atoms with E-state index in [0.29, 0.717) is 36.0 Å². The molecule has 0 saturated heterocycles. The number of nitrogens with one attached hydrogen (secondary N) is 1. The Kier molecular flexibility index (Phi) is 9.85. The topological polar surface area (TPSA) is 102 Å². The van der Waals surface area contributed by atoms with Gasteiger partial charge < -0.3 is 19.9 Å². The average Bonchev–Trinajstić information content (AvgIpc) is 3.47. The van der Waals surface area contributed by atoms with E-state index in [0.717, 1.165) is 69.8 Å². The zero-order chi connectivity index (χ0) is 41.1. The molecule has 1 amide bonds. The summed E-state index contributed by atoms with van der Waals surface area (Å²) in [6.45, 7) is 29.4. The number of carbonyl (C=O) groups is 3. The minimum atomic E-state index is -0.994. The predicted octanol–water partition coefficient (Wildman–Crippen LogP) is 11.4. The van der Waals surface area contributed by atoms with Gasteiger partial charge in [-0.1, -0.05) is 91.0 Å². The fraction of sp³-hybridized carbons (Fsp3) is 0.776. The van der Waals surface area contributed by atoms with E-state index in [1.54, 1.807) is 0 Å². The summed E-state index contributed by atoms with van der Waals surface area (Å²) in [5, 5.41) is 14.8. The molecule has 2 N–H and O–H groups in total. The van der Waals surface area contributed by atoms with E-state index in [9.17, 15) is 19.5 Å². The summed E-state index contributed by atoms with van der Waals surface area (Å²) in [5.74, 6) is 0.596. The van der Waals surface area contributed by atoms with Crippen molar-refractivity contribution < 1.29 is 29.0 Å². The molecule has 0 aromatic heterocycles. The number of rotatable bonds is 7. The van der Waals surface area contributed by atoms with Gasteiger partial charge in [-0.15, -0.1) is 0 Å². The lowest BCUT2D eigenvalue weighted by Gasteiger charge is -2.74. The lowest BCUT2D eigenvalue weighted by molar-refractivity contribution is -0.267. The van der Waals surface area contributed by atoms with Crippen molar-refractivity contribution in [2.24, 2.45) is 73.9 Å². The lowest BCUT2D eigenvalue weighted by Crippen LogP contribution is -2.72. The van der Waals surface area contributed by atoms with Gasteiger partial charge in [-0.25, -0.2) is 4.79 Å². The van der Waals surface area contributed by atoms with Gasteiger partial charge in [-0.05, 0) is 166 Å². The Morgan fingerprint density at radius 3 is 2.09 bits per heavy atom. The number of carboxylic acids is 1. The Balaban J connectivity index is 1.15. The second-order valence-electron chi connectivity index (χ2n) is 22.7. The van der Waals surface area contributed by atoms with Gasteiger partial charge in [0, 0.05) is 5.54 Å². The van der Waals surface area contributed by atoms with Gasteiger partial charge in [0.05, 0.1) is 11.3 Å². The van der Waals surface area contributed by atoms with Gasteiger partial charge in [-0.2, -0.15) is 0 Å². The van der Waals surface area contributed by atoms with Crippen molar-refractivity contribution in [1.29, 1.82) is 0 Å². The van der Waals surface area contributed by atoms with Gasteiger partial charge in [0.1, 0.15) is 12.2 Å². The van der Waals surface area contributed by atoms with E-state index in [1.807, 2.05) is 65.0 Å². The molecule has 6 aliphatic rings. The summed E-state index contributed by atoms with van der Waals surface area (Å²) in [6.07, 6.45) is 10.6. The highest BCUT2D eigenvalue weighted by atomic mass is 16.6. The van der Waals surface area contributed by atoms with Crippen molar-refractivity contribution in [2.75, 3.05) is 0 Å². The number of aliphatic carboxylic acids is 1. The Labute approximate surface area is 337 Å². The van der Waals surface area contributed by atoms with E-state index in [4.69, 9.17) is 9.47 Å². The minimum absolute atomic E-state index is 0.0425. The molecule has 310 valence electrons. The van der Waals surface area contributed by atoms with Crippen LogP contribution in [0, 0.1) is 73.9 Å². The maximum atomic E-state index is 13.7. The lowest BCUT2D eigenvalue weighted by atomic mass is 9.29. The van der Waals surface area contributed by atoms with Gasteiger partial charge in [0.15, 0.2) is 0 Å². The molecule has 0 unspecified atom stereocenters. The summed E-state index contributed by atoms with van der Waals surface area (Å²) in [4.78, 5) is 40.8. The van der Waals surface area contributed by atoms with E-state index in [1.165, 1.54) is 5.57 Å². The van der Waals surface area contributed by atoms with Gasteiger partial charge in [0.2, 0.25) is 0 Å². The van der Waals surface area contributed by atoms with E-state index in [-0.39, 0.29) is 51.8 Å². The standard InChI is InChI=1S/C49H73NO6/c1-30(2)32-20-25-48(50-41(54)56-42(3,4)5)27-26-46(11)33(38(32)48)18-19-37-45(10)23-21-36(43(6,7)35(45)22-24-47(37,46)12)49(40(52)53)28-34(44(49,8)9)39(51)55-29-31-16-14-13-15-17-31/h13-17,32-38H,1,18-29H2,2-12H3,(H,50,54)(H,52,53)/t32-,33+,34-,35+,36-,37+,38+,45+,46+,47+,48-,49+/m0/s1. The fourth-order valence-corrected chi connectivity index (χ4v) is 16.1. The van der Waals surface area contributed by atoms with Crippen LogP contribution in [0.2, 0.25) is 0 Å². The molecular formula is C49H73NO6. The first kappa shape index (κ1) is 41.3. The van der Waals surface area contributed by atoms with Crippen LogP contribution in [-0.2, 0) is 25.7 Å². The summed E-state index contributed by atoms with van der Waals surface area (Å²) >= 11 is 0. The number of hydrogen-bond donors (Lipinski definition) is 2. The van der Waals surface area contributed by atoms with Crippen LogP contribution >= 0.6 is 0 Å². The Morgan fingerprint density at radius 2 is 1.48 bits per heavy atom. The molecule has 7 heteroatoms. The summed E-state index contributed by atoms with van der Waals surface area (Å²) in [5.41, 5.74) is -0.284. The van der Waals surface area contributed by atoms with Crippen molar-refractivity contribution >= 4 is 18.0 Å². The first-order valence-electron chi connectivity index (χ1n) is 22.0. The van der Waals surface area contributed by atoms with E-state index in [2.05, 4.69) is 53.4 Å². The smallest absolute Gasteiger partial charge is 0.408 e. The number of allylic oxidation sites excluding steroid dienone is 1. The number of carbonyl (C=O) groups excluding carboxylic acids is 2. The maximum absolute atomic E-state index is 13.7. The second-order valence-corrected chi connectivity index (χ2v) is 22.7. The average molecular weight is 772 g/mol. The van der Waals surface area contributed by atoms with Crippen LogP contribution in [-0.4, -0.2) is 34.3 Å². The molecule has 0 bridgehead atoms. The van der Waals surface area contributed by atoms with Crippen molar-refractivity contribution in [3.8, 4) is 0 Å². The van der Waals surface area contributed by atoms with Crippen LogP contribution in [0.3, 0.4) is 0 Å². The van der Waals surface area contributed by atoms with Crippen LogP contribution in [0.25, 0.3) is 0 Å². The molecule has 6 saturated carbocycles. The van der Waals surface area contributed by atoms with Crippen molar-refractivity contribution in [3.05, 3.63) is 48.0 Å². The Bertz CT molecular complexity index is 1740. The molecular weight excluding hydrogens is 699 g/mol. The van der Waals surface area contributed by atoms with Gasteiger partial charge >= 0.3 is 18.0 Å². The molecule has 56 heavy (non-hydrogen) atoms. The molecule has 1 aromatic rings. The maximum Gasteiger partial charge on any atom is 0.408 e. The Morgan fingerprint density at radius 1 is 0.821 bits per heavy atom. The van der Waals surface area contributed by atoms with Crippen molar-refractivity contribution in [3.63, 3.8) is 0 Å². The molecule has 0 aliphatic heterocycles. The number of carboxylic acid groups (broad SMARTS) is 1. The highest BCUT2D eigenvalue weighted by Crippen LogP contribution is 2.79. The van der Waals surface area contributed by atoms with Gasteiger partial charge in [-0.3, -0.25) is 9.59 Å². The minimum Gasteiger partial charge on any atom is -0.481 e. The third-order valence-electron chi connectivity index (χ3n) is 18.9. The van der Waals surface area contributed by atoms with E-state index >= 15 is 0 Å². The third-order valence-corrected chi connectivity index (χ3v) is 18.9. The highest BCUT2D eigenvalue weighted by Gasteiger charge is 2.76. The van der Waals surface area contributed by atoms with Crippen LogP contribution in [0.4, 0.5) is 4.79 Å². The van der Waals surface area contributed by atoms with Gasteiger partial charge in [0.25, 0.3) is 0 Å². The summed E-state index contributed by atoms with van der Waals surface area (Å²) in [7, 11) is 0. The quantitative estimate of drug-likeness (QED) is 0.211. The molecule has 12 atom stereocenters. The van der Waals surface area contributed by atoms with E-state index < -0.39 is 28.3 Å². The normalized spacial score (nSPS) is 43.4. The highest BCUT2D eigenvalue weighted by molar-refractivity contribution is 5.84. The zero-order valence-electron chi connectivity index (χ0n) is 36.6. The molecule has 7 rings (SSSR count). The van der Waals surface area contributed by atoms with Crippen molar-refractivity contribution in [1.82, 2.24) is 5.32 Å². The Hall–Kier alpha value is -2.83. The van der Waals surface area contributed by atoms with Crippen LogP contribution in [0.15, 0.2) is 42.5 Å². The number of esters is 1. The number of benzene rings is 1. The summed E-state index contributed by atoms with van der Waals surface area (Å²) < 4.78 is 11.7. The monoisotopic (exact) mass is 772 g/mol. The zero-order valence-corrected chi connectivity index (χ0v) is 36.6. The van der Waals surface area contributed by atoms with Crippen LogP contribution < -0.4 is 5.32 Å². The number of ether oxygens (including phenoxy) is 2. The summed E-state index contributed by atoms with van der Waals surface area (Å²) in [6, 6.07) is 9.71. The van der Waals surface area contributed by atoms with Crippen LogP contribution in [0.1, 0.15) is 152 Å². The molecule has 0 heterocycles. The third kappa shape index (κ3) is 5.79. The van der Waals surface area contributed by atoms with Crippen LogP contribution in [0.5, 0.6) is 0 Å². The fourth-order valence-electron chi connectivity index (χ4n) is 16.1. The molecule has 0 spiro atoms. The first-order chi connectivity index (χ1) is 25.9. The molecule has 6 aliphatic carbocycles. The number of hydrogen-bond acceptors (Lipinski definition) is 5. The molecule has 7 nitrogen and oxygen atoms in total. The second kappa shape index (κ2) is 13.3. The number of amides is 1. The SMILES string of the molecule is C=C(C)[C@@H]1CC[C@]2(NC(=O)OC(C)(C)C)CC[C@]3(C)[C@H](CC[C@@H]4[C@]5(C)CC[C@H]([C@@]6(C(=O)O)C[C@@H](C(=O)OCc7ccccc7)C6(C)C)C(C)(C)[C@H]5CC[C@]43C)[C@@H]12. The number of alkyl carbamates (subject to hydrolysis) is 1. The van der Waals surface area contributed by atoms with Crippen molar-refractivity contribution in [2.45, 2.75) is 165 Å². The predicted molar refractivity (Wildman–Crippen MR) is 220 cm³/mol. The first-order valence-corrected chi connectivity index (χ1v) is 22.0.